The van der Waals surface area contributed by atoms with Crippen LogP contribution in [-0.2, 0) is 16.1 Å². The highest BCUT2D eigenvalue weighted by molar-refractivity contribution is 6.31. The van der Waals surface area contributed by atoms with Gasteiger partial charge in [0.1, 0.15) is 24.0 Å². The van der Waals surface area contributed by atoms with Gasteiger partial charge < -0.3 is 19.4 Å². The zero-order valence-electron chi connectivity index (χ0n) is 34.9. The SMILES string of the molecule is CC1(C)C(Oc2ccc(C#N)c(Cl)c2)C(C)(C)C1N1Cc2cc(C#CC3CCN(C4CCN(c5ccc6c(c5)C(=O)N(C5CCC(=O)NC5=O)C6=O)CC4)CC3)ccc2C1=O. The smallest absolute Gasteiger partial charge is 0.262 e. The molecule has 1 N–H and O–H groups in total. The second kappa shape index (κ2) is 15.3. The van der Waals surface area contributed by atoms with E-state index in [0.29, 0.717) is 46.0 Å². The molecule has 3 aromatic carbocycles. The minimum atomic E-state index is -0.976. The first-order valence-electron chi connectivity index (χ1n) is 21.3. The van der Waals surface area contributed by atoms with E-state index in [4.69, 9.17) is 16.3 Å². The number of nitrogens with zero attached hydrogens (tertiary/aromatic N) is 5. The molecular formula is C48H49ClN6O6. The summed E-state index contributed by atoms with van der Waals surface area (Å²) in [7, 11) is 0. The Labute approximate surface area is 361 Å². The van der Waals surface area contributed by atoms with Crippen molar-refractivity contribution < 1.29 is 28.7 Å². The van der Waals surface area contributed by atoms with Gasteiger partial charge in [0.25, 0.3) is 17.7 Å². The summed E-state index contributed by atoms with van der Waals surface area (Å²) in [5.41, 5.74) is 3.88. The van der Waals surface area contributed by atoms with E-state index in [1.807, 2.05) is 23.1 Å². The Balaban J connectivity index is 0.770. The number of imide groups is 2. The molecule has 4 fully saturated rings. The fourth-order valence-corrected chi connectivity index (χ4v) is 11.6. The van der Waals surface area contributed by atoms with E-state index >= 15 is 0 Å². The Morgan fingerprint density at radius 1 is 0.787 bits per heavy atom. The fraction of sp³-hybridized carbons (Fsp3) is 0.458. The van der Waals surface area contributed by atoms with Crippen LogP contribution in [0.3, 0.4) is 0 Å². The third-order valence-electron chi connectivity index (χ3n) is 14.0. The fourth-order valence-electron chi connectivity index (χ4n) is 11.4. The molecule has 5 amide bonds. The third-order valence-corrected chi connectivity index (χ3v) is 14.4. The van der Waals surface area contributed by atoms with E-state index in [2.05, 4.69) is 66.8 Å². The molecule has 0 spiro atoms. The van der Waals surface area contributed by atoms with Crippen LogP contribution in [-0.4, -0.2) is 94.6 Å². The van der Waals surface area contributed by atoms with Crippen molar-refractivity contribution in [3.05, 3.63) is 93.0 Å². The van der Waals surface area contributed by atoms with Crippen molar-refractivity contribution in [2.75, 3.05) is 31.1 Å². The molecule has 0 bridgehead atoms. The molecule has 61 heavy (non-hydrogen) atoms. The van der Waals surface area contributed by atoms with Crippen LogP contribution < -0.4 is 15.0 Å². The van der Waals surface area contributed by atoms with Crippen LogP contribution in [0.2, 0.25) is 5.02 Å². The number of likely N-dealkylation sites (tertiary alicyclic amines) is 1. The molecule has 0 radical (unpaired) electrons. The molecule has 9 rings (SSSR count). The van der Waals surface area contributed by atoms with Crippen molar-refractivity contribution in [3.63, 3.8) is 0 Å². The van der Waals surface area contributed by atoms with E-state index in [1.54, 1.807) is 30.3 Å². The van der Waals surface area contributed by atoms with Gasteiger partial charge >= 0.3 is 0 Å². The van der Waals surface area contributed by atoms with E-state index in [-0.39, 0.29) is 41.7 Å². The molecule has 1 saturated carbocycles. The maximum absolute atomic E-state index is 13.8. The van der Waals surface area contributed by atoms with Gasteiger partial charge in [0, 0.05) is 77.8 Å². The Hall–Kier alpha value is -5.69. The van der Waals surface area contributed by atoms with Crippen LogP contribution in [0.25, 0.3) is 0 Å². The van der Waals surface area contributed by atoms with Gasteiger partial charge in [-0.15, -0.1) is 0 Å². The van der Waals surface area contributed by atoms with Gasteiger partial charge in [-0.3, -0.25) is 34.2 Å². The van der Waals surface area contributed by atoms with Crippen molar-refractivity contribution in [2.45, 2.75) is 97.0 Å². The number of carbonyl (C=O) groups is 5. The summed E-state index contributed by atoms with van der Waals surface area (Å²) in [6.07, 6.45) is 4.02. The predicted molar refractivity (Wildman–Crippen MR) is 228 cm³/mol. The first-order chi connectivity index (χ1) is 29.1. The number of hydrogen-bond acceptors (Lipinski definition) is 9. The summed E-state index contributed by atoms with van der Waals surface area (Å²) in [4.78, 5) is 72.4. The molecule has 12 nitrogen and oxygen atoms in total. The lowest BCUT2D eigenvalue weighted by molar-refractivity contribution is -0.199. The predicted octanol–water partition coefficient (Wildman–Crippen LogP) is 6.18. The van der Waals surface area contributed by atoms with Crippen molar-refractivity contribution in [3.8, 4) is 23.7 Å². The normalized spacial score (nSPS) is 25.0. The lowest BCUT2D eigenvalue weighted by Gasteiger charge is -2.65. The highest BCUT2D eigenvalue weighted by Crippen LogP contribution is 2.59. The van der Waals surface area contributed by atoms with Gasteiger partial charge in [-0.1, -0.05) is 51.1 Å². The lowest BCUT2D eigenvalue weighted by atomic mass is 9.49. The number of ether oxygens (including phenoxy) is 1. The highest BCUT2D eigenvalue weighted by Gasteiger charge is 2.67. The lowest BCUT2D eigenvalue weighted by Crippen LogP contribution is -2.74. The van der Waals surface area contributed by atoms with Crippen LogP contribution >= 0.6 is 11.6 Å². The molecule has 1 aliphatic carbocycles. The number of piperidine rings is 3. The van der Waals surface area contributed by atoms with Gasteiger partial charge in [-0.05, 0) is 99.3 Å². The third kappa shape index (κ3) is 7.04. The van der Waals surface area contributed by atoms with Crippen LogP contribution in [0.1, 0.15) is 114 Å². The van der Waals surface area contributed by atoms with Gasteiger partial charge in [-0.25, -0.2) is 0 Å². The zero-order chi connectivity index (χ0) is 43.0. The first kappa shape index (κ1) is 40.7. The summed E-state index contributed by atoms with van der Waals surface area (Å²) in [5, 5.41) is 11.9. The van der Waals surface area contributed by atoms with Gasteiger partial charge in [-0.2, -0.15) is 5.26 Å². The van der Waals surface area contributed by atoms with Gasteiger partial charge in [0.2, 0.25) is 11.8 Å². The topological polar surface area (TPSA) is 143 Å². The Kier molecular flexibility index (Phi) is 10.2. The number of benzene rings is 3. The van der Waals surface area contributed by atoms with E-state index in [0.717, 1.165) is 79.1 Å². The number of fused-ring (bicyclic) bond motifs is 2. The van der Waals surface area contributed by atoms with Crippen LogP contribution in [0, 0.1) is 39.9 Å². The quantitative estimate of drug-likeness (QED) is 0.227. The second-order valence-electron chi connectivity index (χ2n) is 18.6. The summed E-state index contributed by atoms with van der Waals surface area (Å²) >= 11 is 6.30. The molecule has 5 heterocycles. The molecule has 1 unspecified atom stereocenters. The number of nitriles is 1. The molecule has 13 heteroatoms. The number of halogens is 1. The summed E-state index contributed by atoms with van der Waals surface area (Å²) in [6.45, 7) is 12.7. The average Bonchev–Trinajstić information content (AvgIpc) is 3.68. The Morgan fingerprint density at radius 3 is 2.18 bits per heavy atom. The molecule has 6 aliphatic rings. The first-order valence-corrected chi connectivity index (χ1v) is 21.7. The van der Waals surface area contributed by atoms with E-state index in [9.17, 15) is 29.2 Å². The standard InChI is InChI=1S/C48H49ClN6O6/c1-47(2)45(48(3,4)46(47)61-34-10-8-30(26-50)38(49)25-34)54-27-31-23-29(7-11-35(31)42(54)58)6-5-28-15-19-52(20-16-28)32-17-21-53(22-18-32)33-9-12-36-37(24-33)44(60)55(43(36)59)39-13-14-40(56)51-41(39)57/h7-12,23-25,28,32,39,45-46H,13-22,27H2,1-4H3,(H,51,56,57). The van der Waals surface area contributed by atoms with Crippen LogP contribution in [0.4, 0.5) is 5.69 Å². The summed E-state index contributed by atoms with van der Waals surface area (Å²) in [6, 6.07) is 18.0. The van der Waals surface area contributed by atoms with Gasteiger partial charge in [0.05, 0.1) is 21.7 Å². The second-order valence-corrected chi connectivity index (χ2v) is 19.0. The molecule has 5 aliphatic heterocycles. The van der Waals surface area contributed by atoms with Crippen molar-refractivity contribution in [2.24, 2.45) is 16.7 Å². The monoisotopic (exact) mass is 840 g/mol. The van der Waals surface area contributed by atoms with Crippen molar-refractivity contribution in [1.29, 1.82) is 5.26 Å². The molecule has 3 saturated heterocycles. The largest absolute Gasteiger partial charge is 0.489 e. The zero-order valence-corrected chi connectivity index (χ0v) is 35.7. The van der Waals surface area contributed by atoms with Crippen molar-refractivity contribution in [1.82, 2.24) is 20.0 Å². The Bertz CT molecular complexity index is 2470. The summed E-state index contributed by atoms with van der Waals surface area (Å²) < 4.78 is 6.48. The maximum atomic E-state index is 13.8. The molecular weight excluding hydrogens is 792 g/mol. The average molecular weight is 841 g/mol. The highest BCUT2D eigenvalue weighted by atomic mass is 35.5. The molecule has 3 aromatic rings. The summed E-state index contributed by atoms with van der Waals surface area (Å²) in [5.74, 6) is 5.96. The molecule has 314 valence electrons. The number of hydrogen-bond donors (Lipinski definition) is 1. The molecule has 0 aromatic heterocycles. The van der Waals surface area contributed by atoms with E-state index in [1.165, 1.54) is 0 Å². The van der Waals surface area contributed by atoms with E-state index < -0.39 is 29.7 Å². The van der Waals surface area contributed by atoms with Crippen LogP contribution in [0.5, 0.6) is 5.75 Å². The maximum Gasteiger partial charge on any atom is 0.262 e. The number of rotatable bonds is 6. The number of nitrogens with one attached hydrogen (secondary N) is 1. The van der Waals surface area contributed by atoms with Gasteiger partial charge in [0.15, 0.2) is 0 Å². The Morgan fingerprint density at radius 2 is 1.49 bits per heavy atom. The minimum Gasteiger partial charge on any atom is -0.489 e. The number of carbonyl (C=O) groups excluding carboxylic acids is 5. The van der Waals surface area contributed by atoms with Crippen molar-refractivity contribution >= 4 is 46.8 Å². The number of amides is 5. The van der Waals surface area contributed by atoms with Crippen LogP contribution in [0.15, 0.2) is 54.6 Å². The molecule has 1 atom stereocenters. The minimum absolute atomic E-state index is 0.0379. The number of anilines is 1.